The van der Waals surface area contributed by atoms with Crippen molar-refractivity contribution in [3.63, 3.8) is 0 Å². The number of anilines is 2. The van der Waals surface area contributed by atoms with E-state index in [4.69, 9.17) is 29.2 Å². The van der Waals surface area contributed by atoms with Gasteiger partial charge in [-0.1, -0.05) is 50.2 Å². The van der Waals surface area contributed by atoms with Gasteiger partial charge < -0.3 is 54.5 Å². The summed E-state index contributed by atoms with van der Waals surface area (Å²) in [7, 11) is 0. The fourth-order valence-corrected chi connectivity index (χ4v) is 12.4. The van der Waals surface area contributed by atoms with Crippen LogP contribution in [0.3, 0.4) is 0 Å². The zero-order valence-electron chi connectivity index (χ0n) is 44.2. The first kappa shape index (κ1) is 53.6. The van der Waals surface area contributed by atoms with Crippen molar-refractivity contribution in [3.8, 4) is 33.3 Å². The molecule has 0 unspecified atom stereocenters. The molecule has 5 N–H and O–H groups in total. The number of morpholine rings is 1. The third-order valence-electron chi connectivity index (χ3n) is 16.1. The van der Waals surface area contributed by atoms with Crippen LogP contribution >= 0.6 is 11.3 Å². The molecule has 1 aliphatic carbocycles. The SMILES string of the molecule is Cc1ncsc1-c1ccc([C@H](C)NC(=O)[C@@H]2C[C@@H](O)CN2C(=O)[C@@H](c2cc(OCCN3CCC(OC4CC(OCCN5CCOC6(CCN(c7cc(-c8ccccc8O)nnc7N)CC6)C5)C4)CC3)no2)C(C)C)cc1. The number of aryl methyl sites for hydroxylation is 1. The van der Waals surface area contributed by atoms with E-state index in [2.05, 4.69) is 40.4 Å². The number of phenolic OH excluding ortho intramolecular Hbond substituents is 1. The summed E-state index contributed by atoms with van der Waals surface area (Å²) in [6, 6.07) is 17.6. The monoisotopic (exact) mass is 1060 g/mol. The second kappa shape index (κ2) is 23.9. The van der Waals surface area contributed by atoms with Crippen LogP contribution in [0, 0.1) is 12.8 Å². The molecular formula is C56H74N10O9S. The van der Waals surface area contributed by atoms with Crippen LogP contribution in [0.2, 0.25) is 0 Å². The number of nitrogen functional groups attached to an aromatic ring is 1. The molecule has 408 valence electrons. The third kappa shape index (κ3) is 12.5. The van der Waals surface area contributed by atoms with Crippen molar-refractivity contribution in [1.82, 2.24) is 40.4 Å². The number of carbonyl (C=O) groups excluding carboxylic acids is 2. The molecule has 1 spiro atoms. The van der Waals surface area contributed by atoms with Gasteiger partial charge in [-0.2, -0.15) is 0 Å². The molecule has 1 saturated carbocycles. The van der Waals surface area contributed by atoms with Crippen molar-refractivity contribution in [2.24, 2.45) is 5.92 Å². The van der Waals surface area contributed by atoms with Crippen molar-refractivity contribution < 1.29 is 43.3 Å². The van der Waals surface area contributed by atoms with Crippen molar-refractivity contribution in [2.75, 3.05) is 89.4 Å². The van der Waals surface area contributed by atoms with E-state index in [1.54, 1.807) is 29.5 Å². The molecule has 5 aliphatic rings. The van der Waals surface area contributed by atoms with Gasteiger partial charge in [0.25, 0.3) is 5.88 Å². The number of phenols is 1. The molecule has 0 radical (unpaired) electrons. The lowest BCUT2D eigenvalue weighted by Crippen LogP contribution is -2.57. The maximum atomic E-state index is 14.2. The number of amides is 2. The predicted molar refractivity (Wildman–Crippen MR) is 288 cm³/mol. The molecule has 5 fully saturated rings. The zero-order valence-corrected chi connectivity index (χ0v) is 45.0. The van der Waals surface area contributed by atoms with Crippen LogP contribution in [-0.2, 0) is 23.8 Å². The number of carbonyl (C=O) groups is 2. The minimum atomic E-state index is -0.824. The number of nitrogens with one attached hydrogen (secondary N) is 1. The summed E-state index contributed by atoms with van der Waals surface area (Å²) < 4.78 is 31.1. The number of aromatic nitrogens is 4. The molecular weight excluding hydrogens is 989 g/mol. The fourth-order valence-electron chi connectivity index (χ4n) is 11.6. The normalized spacial score (nSPS) is 23.2. The van der Waals surface area contributed by atoms with Gasteiger partial charge in [0.05, 0.1) is 76.7 Å². The first-order valence-corrected chi connectivity index (χ1v) is 28.1. The van der Waals surface area contributed by atoms with Crippen molar-refractivity contribution in [2.45, 2.75) is 121 Å². The Balaban J connectivity index is 0.603. The Bertz CT molecular complexity index is 2740. The lowest BCUT2D eigenvalue weighted by Gasteiger charge is -2.48. The number of rotatable bonds is 19. The number of benzene rings is 2. The summed E-state index contributed by atoms with van der Waals surface area (Å²) in [5.74, 6) is -0.256. The van der Waals surface area contributed by atoms with Gasteiger partial charge in [0, 0.05) is 77.0 Å². The van der Waals surface area contributed by atoms with Crippen molar-refractivity contribution in [1.29, 1.82) is 0 Å². The standard InChI is InChI=1S/C56H74N10O9S/c1-35(2)51(55(70)66-32-40(67)27-47(66)54(69)59-36(3)38-9-11-39(12-10-38)52-37(4)58-34-76-52)49-31-50(62-75-49)72-25-21-63-17-13-41(14-18-63)74-43-28-42(29-43)71-24-22-64-23-26-73-56(33-64)15-19-65(20-16-56)46-30-45(60-61-53(46)57)44-7-5-6-8-48(44)68/h5-12,30-31,34-36,40-43,47,51,67-68H,13-29,32-33H2,1-4H3,(H2,57,61)(H,59,69)/t36-,40+,42?,43?,47-,51+/m0/s1. The van der Waals surface area contributed by atoms with Gasteiger partial charge in [-0.05, 0) is 92.8 Å². The van der Waals surface area contributed by atoms with Crippen LogP contribution < -0.4 is 20.7 Å². The maximum Gasteiger partial charge on any atom is 0.254 e. The predicted octanol–water partition coefficient (Wildman–Crippen LogP) is 6.21. The van der Waals surface area contributed by atoms with Crippen LogP contribution in [0.25, 0.3) is 21.7 Å². The lowest BCUT2D eigenvalue weighted by atomic mass is 9.89. The van der Waals surface area contributed by atoms with Gasteiger partial charge >= 0.3 is 0 Å². The zero-order chi connectivity index (χ0) is 52.9. The fraction of sp³-hybridized carbons (Fsp3) is 0.571. The number of β-amino-alcohol motifs (C(OH)–C–C–N with tert-alkyl or cyclic N) is 1. The minimum Gasteiger partial charge on any atom is -0.507 e. The number of aromatic hydroxyl groups is 1. The molecule has 10 rings (SSSR count). The number of hydrogen-bond donors (Lipinski definition) is 4. The number of ether oxygens (including phenoxy) is 4. The van der Waals surface area contributed by atoms with E-state index in [-0.39, 0.29) is 66.4 Å². The quantitative estimate of drug-likeness (QED) is 0.0721. The van der Waals surface area contributed by atoms with Gasteiger partial charge in [0.1, 0.15) is 24.3 Å². The Labute approximate surface area is 449 Å². The number of nitrogens with zero attached hydrogens (tertiary/aromatic N) is 8. The van der Waals surface area contributed by atoms with Gasteiger partial charge in [-0.25, -0.2) is 4.98 Å². The highest BCUT2D eigenvalue weighted by atomic mass is 32.1. The summed E-state index contributed by atoms with van der Waals surface area (Å²) in [6.07, 6.45) is 5.57. The average molecular weight is 1060 g/mol. The van der Waals surface area contributed by atoms with Gasteiger partial charge in [-0.15, -0.1) is 21.5 Å². The molecule has 5 aromatic rings. The molecule has 4 aliphatic heterocycles. The van der Waals surface area contributed by atoms with Gasteiger partial charge in [0.15, 0.2) is 11.6 Å². The smallest absolute Gasteiger partial charge is 0.254 e. The Morgan fingerprint density at radius 2 is 1.68 bits per heavy atom. The summed E-state index contributed by atoms with van der Waals surface area (Å²) >= 11 is 1.59. The first-order valence-electron chi connectivity index (χ1n) is 27.2. The van der Waals surface area contributed by atoms with E-state index in [9.17, 15) is 19.8 Å². The Kier molecular flexibility index (Phi) is 16.9. The average Bonchev–Trinajstić information content (AvgIpc) is 4.18. The number of hydrogen-bond acceptors (Lipinski definition) is 18. The molecule has 4 atom stereocenters. The molecule has 0 bridgehead atoms. The Morgan fingerprint density at radius 3 is 2.42 bits per heavy atom. The number of thiazole rings is 1. The Hall–Kier alpha value is -5.74. The summed E-state index contributed by atoms with van der Waals surface area (Å²) in [5, 5.41) is 36.8. The van der Waals surface area contributed by atoms with Crippen LogP contribution in [0.1, 0.15) is 94.7 Å². The Morgan fingerprint density at radius 1 is 0.921 bits per heavy atom. The highest BCUT2D eigenvalue weighted by Gasteiger charge is 2.44. The molecule has 3 aromatic heterocycles. The topological polar surface area (TPSA) is 227 Å². The number of para-hydroxylation sites is 1. The lowest BCUT2D eigenvalue weighted by molar-refractivity contribution is -0.145. The van der Waals surface area contributed by atoms with Crippen LogP contribution in [-0.4, -0.2) is 172 Å². The summed E-state index contributed by atoms with van der Waals surface area (Å²) in [5.41, 5.74) is 13.0. The van der Waals surface area contributed by atoms with Gasteiger partial charge in [0.2, 0.25) is 11.8 Å². The number of aliphatic hydroxyl groups is 1. The van der Waals surface area contributed by atoms with Crippen molar-refractivity contribution >= 4 is 34.7 Å². The highest BCUT2D eigenvalue weighted by molar-refractivity contribution is 7.13. The third-order valence-corrected chi connectivity index (χ3v) is 17.1. The second-order valence-electron chi connectivity index (χ2n) is 21.7. The molecule has 2 aromatic carbocycles. The van der Waals surface area contributed by atoms with Crippen LogP contribution in [0.4, 0.5) is 11.5 Å². The van der Waals surface area contributed by atoms with E-state index in [1.165, 1.54) is 4.90 Å². The van der Waals surface area contributed by atoms with Gasteiger partial charge in [-0.3, -0.25) is 19.4 Å². The molecule has 19 nitrogen and oxygen atoms in total. The first-order chi connectivity index (χ1) is 36.8. The van der Waals surface area contributed by atoms with Crippen LogP contribution in [0.15, 0.2) is 70.7 Å². The molecule has 76 heavy (non-hydrogen) atoms. The molecule has 20 heteroatoms. The van der Waals surface area contributed by atoms with E-state index in [1.807, 2.05) is 75.7 Å². The number of aliphatic hydroxyl groups excluding tert-OH is 1. The van der Waals surface area contributed by atoms with Crippen molar-refractivity contribution in [3.05, 3.63) is 83.2 Å². The summed E-state index contributed by atoms with van der Waals surface area (Å²) in [6.45, 7) is 16.4. The highest BCUT2D eigenvalue weighted by Crippen LogP contribution is 2.38. The molecule has 2 amide bonds. The summed E-state index contributed by atoms with van der Waals surface area (Å²) in [4.78, 5) is 42.0. The number of nitrogens with two attached hydrogens (primary N) is 1. The number of likely N-dealkylation sites (tertiary alicyclic amines) is 2. The maximum absolute atomic E-state index is 14.2. The van der Waals surface area contributed by atoms with E-state index in [0.29, 0.717) is 48.5 Å². The van der Waals surface area contributed by atoms with Crippen LogP contribution in [0.5, 0.6) is 11.6 Å². The minimum absolute atomic E-state index is 0.0576. The van der Waals surface area contributed by atoms with E-state index >= 15 is 0 Å². The second-order valence-corrected chi connectivity index (χ2v) is 22.6. The number of piperidine rings is 2. The van der Waals surface area contributed by atoms with E-state index < -0.39 is 18.1 Å². The molecule has 4 saturated heterocycles. The molecule has 7 heterocycles. The van der Waals surface area contributed by atoms with E-state index in [0.717, 1.165) is 118 Å². The largest absolute Gasteiger partial charge is 0.507 e.